The number of hydrogen-bond donors (Lipinski definition) is 1. The first kappa shape index (κ1) is 23.0. The van der Waals surface area contributed by atoms with Gasteiger partial charge in [0.25, 0.3) is 5.91 Å². The lowest BCUT2D eigenvalue weighted by molar-refractivity contribution is -0.143. The summed E-state index contributed by atoms with van der Waals surface area (Å²) in [5.74, 6) is -0.263. The third kappa shape index (κ3) is 9.07. The molecule has 2 amide bonds. The van der Waals surface area contributed by atoms with Crippen LogP contribution in [0.3, 0.4) is 0 Å². The predicted octanol–water partition coefficient (Wildman–Crippen LogP) is 3.09. The fourth-order valence-electron chi connectivity index (χ4n) is 2.01. The first-order chi connectivity index (χ1) is 13.5. The number of carbonyl (C=O) groups excluding carboxylic acids is 3. The third-order valence-electron chi connectivity index (χ3n) is 3.30. The minimum absolute atomic E-state index is 0.133. The third-order valence-corrected chi connectivity index (χ3v) is 3.30. The number of benzene rings is 1. The summed E-state index contributed by atoms with van der Waals surface area (Å²) in [6, 6.07) is 5.31. The molecule has 0 saturated heterocycles. The zero-order chi connectivity index (χ0) is 20.8. The maximum absolute atomic E-state index is 11.7. The first-order valence-electron chi connectivity index (χ1n) is 9.21. The number of imide groups is 1. The summed E-state index contributed by atoms with van der Waals surface area (Å²) in [5, 5.41) is 1.93. The summed E-state index contributed by atoms with van der Waals surface area (Å²) in [6.07, 6.45) is 3.81. The van der Waals surface area contributed by atoms with E-state index in [9.17, 15) is 14.4 Å². The molecule has 0 saturated carbocycles. The molecule has 1 N–H and O–H groups in total. The number of amides is 2. The Hall–Kier alpha value is -3.03. The molecule has 0 unspecified atom stereocenters. The minimum atomic E-state index is -0.885. The second-order valence-electron chi connectivity index (χ2n) is 5.55. The Balaban J connectivity index is 2.59. The normalized spacial score (nSPS) is 10.4. The van der Waals surface area contributed by atoms with Crippen molar-refractivity contribution in [3.05, 3.63) is 29.8 Å². The van der Waals surface area contributed by atoms with Crippen LogP contribution < -0.4 is 14.8 Å². The number of ether oxygens (including phenoxy) is 4. The molecule has 0 atom stereocenters. The fourth-order valence-corrected chi connectivity index (χ4v) is 2.01. The van der Waals surface area contributed by atoms with Crippen LogP contribution in [0, 0.1) is 0 Å². The quantitative estimate of drug-likeness (QED) is 0.350. The molecule has 154 valence electrons. The smallest absolute Gasteiger partial charge is 0.413 e. The summed E-state index contributed by atoms with van der Waals surface area (Å²) in [7, 11) is 0. The maximum atomic E-state index is 11.7. The van der Waals surface area contributed by atoms with Crippen LogP contribution in [0.2, 0.25) is 0 Å². The molecular weight excluding hydrogens is 366 g/mol. The zero-order valence-electron chi connectivity index (χ0n) is 16.5. The number of alkyl carbamates (subject to hydrolysis) is 1. The Kier molecular flexibility index (Phi) is 10.8. The number of carbonyl (C=O) groups is 3. The van der Waals surface area contributed by atoms with Gasteiger partial charge in [-0.05, 0) is 44.0 Å². The molecule has 0 bridgehead atoms. The summed E-state index contributed by atoms with van der Waals surface area (Å²) in [5.41, 5.74) is 0.708. The van der Waals surface area contributed by atoms with Gasteiger partial charge >= 0.3 is 12.1 Å². The lowest BCUT2D eigenvalue weighted by Gasteiger charge is -2.12. The molecule has 0 fully saturated rings. The van der Waals surface area contributed by atoms with Crippen LogP contribution in [-0.2, 0) is 19.1 Å². The molecule has 0 aliphatic carbocycles. The summed E-state index contributed by atoms with van der Waals surface area (Å²) in [4.78, 5) is 34.2. The van der Waals surface area contributed by atoms with Crippen LogP contribution in [-0.4, -0.2) is 44.4 Å². The van der Waals surface area contributed by atoms with Crippen molar-refractivity contribution in [2.75, 3.05) is 26.4 Å². The Morgan fingerprint density at radius 3 is 2.46 bits per heavy atom. The van der Waals surface area contributed by atoms with E-state index in [2.05, 4.69) is 11.7 Å². The fraction of sp³-hybridized carbons (Fsp3) is 0.450. The van der Waals surface area contributed by atoms with Crippen molar-refractivity contribution in [3.63, 3.8) is 0 Å². The largest absolute Gasteiger partial charge is 0.490 e. The summed E-state index contributed by atoms with van der Waals surface area (Å²) >= 11 is 0. The number of esters is 1. The Bertz CT molecular complexity index is 685. The van der Waals surface area contributed by atoms with Gasteiger partial charge in [0.2, 0.25) is 0 Å². The van der Waals surface area contributed by atoms with Gasteiger partial charge in [-0.25, -0.2) is 9.59 Å². The Morgan fingerprint density at radius 2 is 1.79 bits per heavy atom. The van der Waals surface area contributed by atoms with E-state index in [1.807, 2.05) is 12.2 Å². The van der Waals surface area contributed by atoms with E-state index in [4.69, 9.17) is 14.2 Å². The van der Waals surface area contributed by atoms with Gasteiger partial charge in [-0.3, -0.25) is 10.1 Å². The van der Waals surface area contributed by atoms with E-state index in [-0.39, 0.29) is 6.61 Å². The molecule has 28 heavy (non-hydrogen) atoms. The molecule has 8 nitrogen and oxygen atoms in total. The van der Waals surface area contributed by atoms with Crippen LogP contribution in [0.15, 0.2) is 24.3 Å². The van der Waals surface area contributed by atoms with Gasteiger partial charge in [0.15, 0.2) is 18.1 Å². The maximum Gasteiger partial charge on any atom is 0.413 e. The van der Waals surface area contributed by atoms with Crippen LogP contribution in [0.1, 0.15) is 39.2 Å². The van der Waals surface area contributed by atoms with Crippen LogP contribution in [0.25, 0.3) is 6.08 Å². The highest BCUT2D eigenvalue weighted by Crippen LogP contribution is 2.29. The van der Waals surface area contributed by atoms with E-state index < -0.39 is 24.6 Å². The van der Waals surface area contributed by atoms with Crippen molar-refractivity contribution in [1.29, 1.82) is 0 Å². The summed E-state index contributed by atoms with van der Waals surface area (Å²) in [6.45, 7) is 6.19. The van der Waals surface area contributed by atoms with Crippen LogP contribution in [0.5, 0.6) is 11.5 Å². The number of rotatable bonds is 11. The molecule has 0 spiro atoms. The molecule has 0 aromatic heterocycles. The van der Waals surface area contributed by atoms with Crippen molar-refractivity contribution in [3.8, 4) is 11.5 Å². The Morgan fingerprint density at radius 1 is 1.00 bits per heavy atom. The topological polar surface area (TPSA) is 100 Å². The molecular formula is C20H27NO7. The van der Waals surface area contributed by atoms with Crippen LogP contribution in [0.4, 0.5) is 4.79 Å². The molecule has 1 aromatic rings. The van der Waals surface area contributed by atoms with Crippen molar-refractivity contribution in [1.82, 2.24) is 5.32 Å². The molecule has 1 aromatic carbocycles. The van der Waals surface area contributed by atoms with E-state index >= 15 is 0 Å². The average Bonchev–Trinajstić information content (AvgIpc) is 2.66. The number of unbranched alkanes of at least 4 members (excludes halogenated alkanes) is 1. The molecule has 0 aliphatic heterocycles. The molecule has 0 heterocycles. The Labute approximate surface area is 164 Å². The predicted molar refractivity (Wildman–Crippen MR) is 103 cm³/mol. The van der Waals surface area contributed by atoms with Gasteiger partial charge < -0.3 is 18.9 Å². The number of hydrogen-bond acceptors (Lipinski definition) is 7. The standard InChI is InChI=1S/C20H27NO7/c1-4-7-12-27-16-10-8-15(13-17(16)25-5-2)9-11-19(23)28-14-18(22)21-20(24)26-6-3/h8-11,13H,4-7,12,14H2,1-3H3,(H,21,22,24)/b11-9+. The highest BCUT2D eigenvalue weighted by atomic mass is 16.6. The second kappa shape index (κ2) is 13.2. The van der Waals surface area contributed by atoms with Gasteiger partial charge in [-0.1, -0.05) is 19.4 Å². The van der Waals surface area contributed by atoms with Crippen LogP contribution >= 0.6 is 0 Å². The molecule has 1 rings (SSSR count). The first-order valence-corrected chi connectivity index (χ1v) is 9.21. The van der Waals surface area contributed by atoms with E-state index in [0.717, 1.165) is 12.8 Å². The molecule has 8 heteroatoms. The van der Waals surface area contributed by atoms with E-state index in [1.165, 1.54) is 12.2 Å². The lowest BCUT2D eigenvalue weighted by atomic mass is 10.2. The lowest BCUT2D eigenvalue weighted by Crippen LogP contribution is -2.34. The second-order valence-corrected chi connectivity index (χ2v) is 5.55. The highest BCUT2D eigenvalue weighted by Gasteiger charge is 2.10. The van der Waals surface area contributed by atoms with Gasteiger partial charge in [-0.15, -0.1) is 0 Å². The van der Waals surface area contributed by atoms with E-state index in [0.29, 0.717) is 30.3 Å². The van der Waals surface area contributed by atoms with Gasteiger partial charge in [-0.2, -0.15) is 0 Å². The van der Waals surface area contributed by atoms with Crippen molar-refractivity contribution < 1.29 is 33.3 Å². The highest BCUT2D eigenvalue weighted by molar-refractivity contribution is 5.94. The van der Waals surface area contributed by atoms with Gasteiger partial charge in [0, 0.05) is 6.08 Å². The van der Waals surface area contributed by atoms with Crippen molar-refractivity contribution >= 4 is 24.0 Å². The van der Waals surface area contributed by atoms with Crippen molar-refractivity contribution in [2.45, 2.75) is 33.6 Å². The molecule has 0 radical (unpaired) electrons. The van der Waals surface area contributed by atoms with Crippen molar-refractivity contribution in [2.24, 2.45) is 0 Å². The zero-order valence-corrected chi connectivity index (χ0v) is 16.5. The number of nitrogens with one attached hydrogen (secondary N) is 1. The monoisotopic (exact) mass is 393 g/mol. The minimum Gasteiger partial charge on any atom is -0.490 e. The molecule has 0 aliphatic rings. The van der Waals surface area contributed by atoms with E-state index in [1.54, 1.807) is 25.1 Å². The average molecular weight is 393 g/mol. The van der Waals surface area contributed by atoms with Gasteiger partial charge in [0.1, 0.15) is 0 Å². The summed E-state index contributed by atoms with van der Waals surface area (Å²) < 4.78 is 20.6. The van der Waals surface area contributed by atoms with Gasteiger partial charge in [0.05, 0.1) is 19.8 Å². The SMILES string of the molecule is CCCCOc1ccc(/C=C/C(=O)OCC(=O)NC(=O)OCC)cc1OCC.